The summed E-state index contributed by atoms with van der Waals surface area (Å²) in [5.74, 6) is -0.214. The van der Waals surface area contributed by atoms with Gasteiger partial charge in [0, 0.05) is 18.9 Å². The van der Waals surface area contributed by atoms with E-state index in [-0.39, 0.29) is 24.0 Å². The van der Waals surface area contributed by atoms with E-state index in [4.69, 9.17) is 9.47 Å². The van der Waals surface area contributed by atoms with E-state index in [1.165, 1.54) is 0 Å². The van der Waals surface area contributed by atoms with Crippen molar-refractivity contribution in [3.05, 3.63) is 35.9 Å². The quantitative estimate of drug-likeness (QED) is 0.747. The van der Waals surface area contributed by atoms with Gasteiger partial charge >= 0.3 is 12.1 Å². The Morgan fingerprint density at radius 3 is 2.24 bits per heavy atom. The maximum atomic E-state index is 13.0. The summed E-state index contributed by atoms with van der Waals surface area (Å²) in [6.45, 7) is 7.23. The molecule has 0 spiro atoms. The summed E-state index contributed by atoms with van der Waals surface area (Å²) in [5, 5.41) is 6.29. The third-order valence-electron chi connectivity index (χ3n) is 5.79. The van der Waals surface area contributed by atoms with Crippen LogP contribution in [0.4, 0.5) is 4.79 Å². The Labute approximate surface area is 173 Å². The molecule has 3 rings (SSSR count). The first-order valence-electron chi connectivity index (χ1n) is 10.8. The van der Waals surface area contributed by atoms with E-state index in [1.54, 1.807) is 0 Å². The van der Waals surface area contributed by atoms with Crippen LogP contribution in [0.3, 0.4) is 0 Å². The van der Waals surface area contributed by atoms with Crippen molar-refractivity contribution < 1.29 is 19.1 Å². The van der Waals surface area contributed by atoms with Gasteiger partial charge in [0.15, 0.2) is 0 Å². The van der Waals surface area contributed by atoms with Gasteiger partial charge in [-0.05, 0) is 65.1 Å². The second kappa shape index (κ2) is 9.16. The molecule has 0 radical (unpaired) electrons. The summed E-state index contributed by atoms with van der Waals surface area (Å²) in [4.78, 5) is 25.0. The van der Waals surface area contributed by atoms with Crippen LogP contribution in [0.1, 0.15) is 64.9 Å². The van der Waals surface area contributed by atoms with E-state index in [2.05, 4.69) is 22.8 Å². The number of benzene rings is 1. The number of hydrogen-bond donors (Lipinski definition) is 2. The van der Waals surface area contributed by atoms with E-state index in [9.17, 15) is 9.59 Å². The van der Waals surface area contributed by atoms with E-state index >= 15 is 0 Å². The molecule has 1 aromatic rings. The second-order valence-electron chi connectivity index (χ2n) is 9.23. The van der Waals surface area contributed by atoms with Crippen LogP contribution in [0, 0.1) is 5.92 Å². The van der Waals surface area contributed by atoms with Gasteiger partial charge in [-0.1, -0.05) is 30.3 Å². The van der Waals surface area contributed by atoms with Gasteiger partial charge in [0.1, 0.15) is 11.2 Å². The van der Waals surface area contributed by atoms with Crippen LogP contribution in [-0.4, -0.2) is 36.8 Å². The fraction of sp³-hybridized carbons (Fsp3) is 0.652. The van der Waals surface area contributed by atoms with Gasteiger partial charge in [-0.3, -0.25) is 4.79 Å². The lowest BCUT2D eigenvalue weighted by Gasteiger charge is -2.39. The van der Waals surface area contributed by atoms with Crippen molar-refractivity contribution >= 4 is 12.1 Å². The molecule has 1 heterocycles. The van der Waals surface area contributed by atoms with Gasteiger partial charge in [0.05, 0.1) is 5.92 Å². The Morgan fingerprint density at radius 2 is 1.66 bits per heavy atom. The van der Waals surface area contributed by atoms with Gasteiger partial charge in [0.25, 0.3) is 0 Å². The highest BCUT2D eigenvalue weighted by molar-refractivity contribution is 5.73. The second-order valence-corrected chi connectivity index (χ2v) is 9.23. The van der Waals surface area contributed by atoms with Gasteiger partial charge in [-0.25, -0.2) is 4.79 Å². The average molecular weight is 403 g/mol. The highest BCUT2D eigenvalue weighted by atomic mass is 16.6. The number of nitrogens with one attached hydrogen (secondary N) is 2. The third-order valence-corrected chi connectivity index (χ3v) is 5.79. The molecule has 0 atom stereocenters. The maximum absolute atomic E-state index is 13.0. The Hall–Kier alpha value is -2.08. The molecule has 2 aliphatic rings. The number of alkyl carbamates (subject to hydrolysis) is 1. The number of carbonyl (C=O) groups is 2. The molecule has 1 saturated heterocycles. The molecule has 6 heteroatoms. The zero-order valence-electron chi connectivity index (χ0n) is 17.8. The van der Waals surface area contributed by atoms with Crippen LogP contribution in [0.2, 0.25) is 0 Å². The SMILES string of the molecule is CC(C)(C)OC(=O)NC1CCC(C(=O)OC2(c3ccccc3)CCNCC2)CC1. The number of hydrogen-bond acceptors (Lipinski definition) is 5. The molecule has 1 aromatic carbocycles. The smallest absolute Gasteiger partial charge is 0.407 e. The molecule has 29 heavy (non-hydrogen) atoms. The first-order chi connectivity index (χ1) is 13.8. The lowest BCUT2D eigenvalue weighted by atomic mass is 9.83. The molecule has 1 saturated carbocycles. The number of piperidine rings is 1. The molecule has 160 valence electrons. The van der Waals surface area contributed by atoms with Crippen LogP contribution in [0.5, 0.6) is 0 Å². The van der Waals surface area contributed by atoms with Crippen LogP contribution in [-0.2, 0) is 19.9 Å². The number of rotatable bonds is 4. The molecule has 0 aromatic heterocycles. The van der Waals surface area contributed by atoms with Gasteiger partial charge in [-0.15, -0.1) is 0 Å². The van der Waals surface area contributed by atoms with Crippen molar-refractivity contribution in [1.82, 2.24) is 10.6 Å². The van der Waals surface area contributed by atoms with Crippen LogP contribution >= 0.6 is 0 Å². The molecule has 2 N–H and O–H groups in total. The van der Waals surface area contributed by atoms with Crippen LogP contribution < -0.4 is 10.6 Å². The topological polar surface area (TPSA) is 76.7 Å². The number of carbonyl (C=O) groups excluding carboxylic acids is 2. The third kappa shape index (κ3) is 5.95. The predicted molar refractivity (Wildman–Crippen MR) is 111 cm³/mol. The van der Waals surface area contributed by atoms with E-state index in [0.29, 0.717) is 0 Å². The summed E-state index contributed by atoms with van der Waals surface area (Å²) >= 11 is 0. The first kappa shape index (κ1) is 21.6. The van der Waals surface area contributed by atoms with Crippen molar-refractivity contribution in [3.63, 3.8) is 0 Å². The van der Waals surface area contributed by atoms with Gasteiger partial charge < -0.3 is 20.1 Å². The zero-order chi connectivity index (χ0) is 20.9. The molecule has 1 aliphatic heterocycles. The van der Waals surface area contributed by atoms with Gasteiger partial charge in [-0.2, -0.15) is 0 Å². The number of esters is 1. The lowest BCUT2D eigenvalue weighted by molar-refractivity contribution is -0.170. The highest BCUT2D eigenvalue weighted by Gasteiger charge is 2.40. The molecule has 6 nitrogen and oxygen atoms in total. The monoisotopic (exact) mass is 402 g/mol. The molecule has 0 bridgehead atoms. The average Bonchev–Trinajstić information content (AvgIpc) is 2.68. The molecular formula is C23H34N2O4. The highest BCUT2D eigenvalue weighted by Crippen LogP contribution is 2.37. The summed E-state index contributed by atoms with van der Waals surface area (Å²) in [6.07, 6.45) is 4.17. The molecule has 1 aliphatic carbocycles. The van der Waals surface area contributed by atoms with Crippen LogP contribution in [0.15, 0.2) is 30.3 Å². The van der Waals surface area contributed by atoms with Crippen molar-refractivity contribution in [3.8, 4) is 0 Å². The fourth-order valence-corrected chi connectivity index (χ4v) is 4.25. The molecular weight excluding hydrogens is 368 g/mol. The minimum Gasteiger partial charge on any atom is -0.454 e. The lowest BCUT2D eigenvalue weighted by Crippen LogP contribution is -2.45. The van der Waals surface area contributed by atoms with Crippen molar-refractivity contribution in [2.24, 2.45) is 5.92 Å². The van der Waals surface area contributed by atoms with E-state index in [1.807, 2.05) is 39.0 Å². The van der Waals surface area contributed by atoms with Crippen molar-refractivity contribution in [1.29, 1.82) is 0 Å². The standard InChI is InChI=1S/C23H34N2O4/c1-22(2,3)29-21(27)25-19-11-9-17(10-12-19)20(26)28-23(13-15-24-16-14-23)18-7-5-4-6-8-18/h4-8,17,19,24H,9-16H2,1-3H3,(H,25,27). The van der Waals surface area contributed by atoms with E-state index in [0.717, 1.165) is 57.2 Å². The summed E-state index contributed by atoms with van der Waals surface area (Å²) in [7, 11) is 0. The zero-order valence-corrected chi connectivity index (χ0v) is 17.8. The van der Waals surface area contributed by atoms with Crippen LogP contribution in [0.25, 0.3) is 0 Å². The Kier molecular flexibility index (Phi) is 6.83. The number of ether oxygens (including phenoxy) is 2. The maximum Gasteiger partial charge on any atom is 0.407 e. The fourth-order valence-electron chi connectivity index (χ4n) is 4.25. The minimum absolute atomic E-state index is 0.0517. The largest absolute Gasteiger partial charge is 0.454 e. The number of amides is 1. The first-order valence-corrected chi connectivity index (χ1v) is 10.8. The normalized spacial score (nSPS) is 24.4. The Bertz CT molecular complexity index is 685. The summed E-state index contributed by atoms with van der Waals surface area (Å²) in [6, 6.07) is 10.1. The molecule has 2 fully saturated rings. The van der Waals surface area contributed by atoms with Crippen molar-refractivity contribution in [2.45, 2.75) is 76.5 Å². The molecule has 1 amide bonds. The minimum atomic E-state index is -0.533. The van der Waals surface area contributed by atoms with Crippen molar-refractivity contribution in [2.75, 3.05) is 13.1 Å². The van der Waals surface area contributed by atoms with E-state index < -0.39 is 11.2 Å². The molecule has 0 unspecified atom stereocenters. The Morgan fingerprint density at radius 1 is 1.03 bits per heavy atom. The summed E-state index contributed by atoms with van der Waals surface area (Å²) in [5.41, 5.74) is 0.0381. The Balaban J connectivity index is 1.55. The predicted octanol–water partition coefficient (Wildman–Crippen LogP) is 3.89. The van der Waals surface area contributed by atoms with Gasteiger partial charge in [0.2, 0.25) is 0 Å². The summed E-state index contributed by atoms with van der Waals surface area (Å²) < 4.78 is 11.5.